The molecule has 0 aliphatic carbocycles. The Balaban J connectivity index is 2.04. The van der Waals surface area contributed by atoms with E-state index in [1.165, 1.54) is 5.01 Å². The van der Waals surface area contributed by atoms with Crippen LogP contribution in [0.4, 0.5) is 0 Å². The lowest BCUT2D eigenvalue weighted by molar-refractivity contribution is 0.298. The first kappa shape index (κ1) is 16.5. The van der Waals surface area contributed by atoms with Gasteiger partial charge in [-0.1, -0.05) is 22.9 Å². The van der Waals surface area contributed by atoms with Crippen LogP contribution in [0.1, 0.15) is 36.5 Å². The van der Waals surface area contributed by atoms with Crippen molar-refractivity contribution in [1.82, 2.24) is 4.98 Å². The lowest BCUT2D eigenvalue weighted by atomic mass is 10.1. The van der Waals surface area contributed by atoms with Crippen molar-refractivity contribution in [1.29, 1.82) is 0 Å². The van der Waals surface area contributed by atoms with Gasteiger partial charge in [0.2, 0.25) is 0 Å². The van der Waals surface area contributed by atoms with Crippen LogP contribution in [0, 0.1) is 0 Å². The Morgan fingerprint density at radius 3 is 2.95 bits per heavy atom. The number of nitrogens with zero attached hydrogens (tertiary/aromatic N) is 1. The van der Waals surface area contributed by atoms with E-state index in [9.17, 15) is 0 Å². The first-order chi connectivity index (χ1) is 10.1. The highest BCUT2D eigenvalue weighted by Gasteiger charge is 2.09. The summed E-state index contributed by atoms with van der Waals surface area (Å²) in [7, 11) is 0. The van der Waals surface area contributed by atoms with Gasteiger partial charge >= 0.3 is 0 Å². The number of rotatable bonds is 7. The number of halogens is 1. The third-order valence-corrected chi connectivity index (χ3v) is 4.45. The standard InChI is InChI=1S/C16H21BrN2OS/c1-3-4-16-19-14(10-21-16)9-20-15-6-5-13(17)8-12(15)7-11(2)18/h5-6,8,10-11H,3-4,7,9,18H2,1-2H3. The molecule has 0 fully saturated rings. The van der Waals surface area contributed by atoms with Crippen molar-refractivity contribution in [2.75, 3.05) is 0 Å². The quantitative estimate of drug-likeness (QED) is 0.790. The molecule has 0 aliphatic rings. The lowest BCUT2D eigenvalue weighted by Gasteiger charge is -2.13. The van der Waals surface area contributed by atoms with Crippen LogP contribution < -0.4 is 10.5 Å². The number of ether oxygens (including phenoxy) is 1. The molecule has 0 saturated heterocycles. The Morgan fingerprint density at radius 1 is 1.43 bits per heavy atom. The van der Waals surface area contributed by atoms with E-state index in [2.05, 4.69) is 39.3 Å². The lowest BCUT2D eigenvalue weighted by Crippen LogP contribution is -2.18. The van der Waals surface area contributed by atoms with Gasteiger partial charge in [-0.2, -0.15) is 0 Å². The Bertz CT molecular complexity index is 583. The van der Waals surface area contributed by atoms with Gasteiger partial charge in [0.15, 0.2) is 0 Å². The van der Waals surface area contributed by atoms with Crippen LogP contribution in [0.2, 0.25) is 0 Å². The van der Waals surface area contributed by atoms with Crippen molar-refractivity contribution in [3.63, 3.8) is 0 Å². The maximum absolute atomic E-state index is 5.94. The zero-order valence-corrected chi connectivity index (χ0v) is 14.8. The van der Waals surface area contributed by atoms with E-state index in [1.54, 1.807) is 11.3 Å². The van der Waals surface area contributed by atoms with Crippen LogP contribution in [0.5, 0.6) is 5.75 Å². The molecule has 0 spiro atoms. The highest BCUT2D eigenvalue weighted by molar-refractivity contribution is 9.10. The monoisotopic (exact) mass is 368 g/mol. The first-order valence-corrected chi connectivity index (χ1v) is 8.85. The zero-order chi connectivity index (χ0) is 15.2. The molecule has 1 unspecified atom stereocenters. The minimum atomic E-state index is 0.108. The predicted molar refractivity (Wildman–Crippen MR) is 91.9 cm³/mol. The fourth-order valence-electron chi connectivity index (χ4n) is 2.09. The van der Waals surface area contributed by atoms with E-state index in [0.717, 1.165) is 40.7 Å². The van der Waals surface area contributed by atoms with Crippen LogP contribution in [-0.4, -0.2) is 11.0 Å². The normalized spacial score (nSPS) is 12.4. The zero-order valence-electron chi connectivity index (χ0n) is 12.4. The summed E-state index contributed by atoms with van der Waals surface area (Å²) in [6.45, 7) is 4.68. The summed E-state index contributed by atoms with van der Waals surface area (Å²) in [5.41, 5.74) is 8.03. The van der Waals surface area contributed by atoms with Crippen molar-refractivity contribution in [3.8, 4) is 5.75 Å². The molecule has 5 heteroatoms. The van der Waals surface area contributed by atoms with E-state index in [4.69, 9.17) is 10.5 Å². The summed E-state index contributed by atoms with van der Waals surface area (Å²) in [6, 6.07) is 6.16. The third kappa shape index (κ3) is 5.09. The minimum Gasteiger partial charge on any atom is -0.487 e. The molecule has 2 rings (SSSR count). The predicted octanol–water partition coefficient (Wildman–Crippen LogP) is 4.33. The number of hydrogen-bond donors (Lipinski definition) is 1. The van der Waals surface area contributed by atoms with Crippen molar-refractivity contribution < 1.29 is 4.74 Å². The van der Waals surface area contributed by atoms with Gasteiger partial charge in [-0.3, -0.25) is 0 Å². The Morgan fingerprint density at radius 2 is 2.24 bits per heavy atom. The molecule has 1 aromatic carbocycles. The van der Waals surface area contributed by atoms with Gasteiger partial charge in [0.1, 0.15) is 12.4 Å². The number of nitrogens with two attached hydrogens (primary N) is 1. The SMILES string of the molecule is CCCc1nc(COc2ccc(Br)cc2CC(C)N)cs1. The Hall–Kier alpha value is -0.910. The molecule has 1 atom stereocenters. The van der Waals surface area contributed by atoms with Crippen LogP contribution >= 0.6 is 27.3 Å². The summed E-state index contributed by atoms with van der Waals surface area (Å²) in [6.07, 6.45) is 2.96. The van der Waals surface area contributed by atoms with Crippen molar-refractivity contribution in [2.45, 2.75) is 45.8 Å². The molecule has 1 aromatic heterocycles. The minimum absolute atomic E-state index is 0.108. The molecule has 3 nitrogen and oxygen atoms in total. The van der Waals surface area contributed by atoms with Crippen LogP contribution in [0.3, 0.4) is 0 Å². The number of aromatic nitrogens is 1. The summed E-state index contributed by atoms with van der Waals surface area (Å²) >= 11 is 5.20. The average molecular weight is 369 g/mol. The molecule has 2 aromatic rings. The van der Waals surface area contributed by atoms with Crippen LogP contribution in [0.15, 0.2) is 28.1 Å². The highest BCUT2D eigenvalue weighted by atomic mass is 79.9. The second-order valence-corrected chi connectivity index (χ2v) is 7.06. The Kier molecular flexibility index (Phi) is 6.21. The van der Waals surface area contributed by atoms with Crippen molar-refractivity contribution >= 4 is 27.3 Å². The van der Waals surface area contributed by atoms with Crippen molar-refractivity contribution in [2.24, 2.45) is 5.73 Å². The van der Waals surface area contributed by atoms with E-state index in [0.29, 0.717) is 6.61 Å². The molecule has 114 valence electrons. The smallest absolute Gasteiger partial charge is 0.131 e. The Labute approximate surface area is 138 Å². The number of thiazole rings is 1. The number of aryl methyl sites for hydroxylation is 1. The van der Waals surface area contributed by atoms with Gasteiger partial charge in [-0.25, -0.2) is 4.98 Å². The largest absolute Gasteiger partial charge is 0.487 e. The third-order valence-electron chi connectivity index (χ3n) is 3.00. The van der Waals surface area contributed by atoms with Gasteiger partial charge < -0.3 is 10.5 Å². The molecule has 1 heterocycles. The van der Waals surface area contributed by atoms with E-state index in [1.807, 2.05) is 19.1 Å². The van der Waals surface area contributed by atoms with Crippen LogP contribution in [0.25, 0.3) is 0 Å². The van der Waals surface area contributed by atoms with Gasteiger partial charge in [0.25, 0.3) is 0 Å². The maximum atomic E-state index is 5.94. The second kappa shape index (κ2) is 7.92. The summed E-state index contributed by atoms with van der Waals surface area (Å²) in [5, 5.41) is 3.26. The number of hydrogen-bond acceptors (Lipinski definition) is 4. The average Bonchev–Trinajstić information content (AvgIpc) is 2.85. The molecule has 21 heavy (non-hydrogen) atoms. The molecule has 0 aliphatic heterocycles. The van der Waals surface area contributed by atoms with Crippen LogP contribution in [-0.2, 0) is 19.4 Å². The molecule has 0 saturated carbocycles. The summed E-state index contributed by atoms with van der Waals surface area (Å²) in [5.74, 6) is 0.889. The molecule has 0 radical (unpaired) electrons. The topological polar surface area (TPSA) is 48.1 Å². The molecule has 2 N–H and O–H groups in total. The van der Waals surface area contributed by atoms with E-state index < -0.39 is 0 Å². The highest BCUT2D eigenvalue weighted by Crippen LogP contribution is 2.25. The fraction of sp³-hybridized carbons (Fsp3) is 0.438. The van der Waals surface area contributed by atoms with Gasteiger partial charge in [0.05, 0.1) is 10.7 Å². The van der Waals surface area contributed by atoms with E-state index >= 15 is 0 Å². The first-order valence-electron chi connectivity index (χ1n) is 7.18. The van der Waals surface area contributed by atoms with Crippen molar-refractivity contribution in [3.05, 3.63) is 44.3 Å². The van der Waals surface area contributed by atoms with E-state index in [-0.39, 0.29) is 6.04 Å². The van der Waals surface area contributed by atoms with Gasteiger partial charge in [-0.15, -0.1) is 11.3 Å². The number of benzene rings is 1. The molecular formula is C16H21BrN2OS. The van der Waals surface area contributed by atoms with Gasteiger partial charge in [-0.05, 0) is 49.9 Å². The fourth-order valence-corrected chi connectivity index (χ4v) is 3.38. The summed E-state index contributed by atoms with van der Waals surface area (Å²) < 4.78 is 6.98. The van der Waals surface area contributed by atoms with Gasteiger partial charge in [0, 0.05) is 15.9 Å². The summed E-state index contributed by atoms with van der Waals surface area (Å²) in [4.78, 5) is 4.58. The maximum Gasteiger partial charge on any atom is 0.131 e. The molecular weight excluding hydrogens is 348 g/mol. The second-order valence-electron chi connectivity index (χ2n) is 5.20. The molecule has 0 amide bonds. The molecule has 0 bridgehead atoms.